The molecule has 3 aliphatic heterocycles. The second-order valence-corrected chi connectivity index (χ2v) is 9.82. The fourth-order valence-corrected chi connectivity index (χ4v) is 5.39. The van der Waals surface area contributed by atoms with Crippen LogP contribution in [-0.4, -0.2) is 66.0 Å². The molecule has 190 valence electrons. The standard InChI is InChI=1S/C28H33N3O5/c1-3-26(32)29-20-8-11-24-22(14-20)28(34)30(2)23-10-9-21(36-25(23)17-35-24)15-27(33)31-13-12-18-6-4-5-7-19(18)16-31/h4-8,11,14,21,23,25H,3,9-10,12-13,15-17H2,1-2H3,(H,29,32)/t21-,23+,25+/m0/s1. The molecule has 3 heterocycles. The van der Waals surface area contributed by atoms with E-state index < -0.39 is 0 Å². The molecule has 3 amide bonds. The number of anilines is 1. The van der Waals surface area contributed by atoms with E-state index in [2.05, 4.69) is 17.4 Å². The Morgan fingerprint density at radius 1 is 1.11 bits per heavy atom. The Kier molecular flexibility index (Phi) is 6.96. The first kappa shape index (κ1) is 24.3. The quantitative estimate of drug-likeness (QED) is 0.708. The first-order chi connectivity index (χ1) is 17.4. The van der Waals surface area contributed by atoms with Gasteiger partial charge in [0.25, 0.3) is 5.91 Å². The predicted molar refractivity (Wildman–Crippen MR) is 135 cm³/mol. The lowest BCUT2D eigenvalue weighted by atomic mass is 9.94. The van der Waals surface area contributed by atoms with Crippen LogP contribution in [0.3, 0.4) is 0 Å². The topological polar surface area (TPSA) is 88.2 Å². The Bertz CT molecular complexity index is 1170. The maximum absolute atomic E-state index is 13.3. The molecule has 0 unspecified atom stereocenters. The summed E-state index contributed by atoms with van der Waals surface area (Å²) in [6, 6.07) is 13.3. The van der Waals surface area contributed by atoms with E-state index >= 15 is 0 Å². The maximum Gasteiger partial charge on any atom is 0.257 e. The van der Waals surface area contributed by atoms with Crippen molar-refractivity contribution >= 4 is 23.4 Å². The van der Waals surface area contributed by atoms with Crippen molar-refractivity contribution < 1.29 is 23.9 Å². The highest BCUT2D eigenvalue weighted by Gasteiger charge is 2.39. The third-order valence-electron chi connectivity index (χ3n) is 7.50. The normalized spacial score (nSPS) is 23.4. The molecular weight excluding hydrogens is 458 g/mol. The summed E-state index contributed by atoms with van der Waals surface area (Å²) in [7, 11) is 1.78. The van der Waals surface area contributed by atoms with Crippen molar-refractivity contribution in [3.63, 3.8) is 0 Å². The smallest absolute Gasteiger partial charge is 0.257 e. The highest BCUT2D eigenvalue weighted by molar-refractivity contribution is 5.99. The molecule has 0 saturated carbocycles. The summed E-state index contributed by atoms with van der Waals surface area (Å²) in [5, 5.41) is 2.80. The van der Waals surface area contributed by atoms with Crippen LogP contribution in [0.4, 0.5) is 5.69 Å². The molecule has 5 rings (SSSR count). The summed E-state index contributed by atoms with van der Waals surface area (Å²) in [5.74, 6) is 0.291. The van der Waals surface area contributed by atoms with Gasteiger partial charge >= 0.3 is 0 Å². The van der Waals surface area contributed by atoms with Crippen molar-refractivity contribution in [3.8, 4) is 5.75 Å². The summed E-state index contributed by atoms with van der Waals surface area (Å²) in [4.78, 5) is 41.9. The minimum Gasteiger partial charge on any atom is -0.490 e. The zero-order valence-corrected chi connectivity index (χ0v) is 20.9. The van der Waals surface area contributed by atoms with Gasteiger partial charge in [0.05, 0.1) is 24.1 Å². The average Bonchev–Trinajstić information content (AvgIpc) is 2.90. The summed E-state index contributed by atoms with van der Waals surface area (Å²) in [6.45, 7) is 3.44. The van der Waals surface area contributed by atoms with Gasteiger partial charge in [-0.2, -0.15) is 0 Å². The molecule has 1 N–H and O–H groups in total. The monoisotopic (exact) mass is 491 g/mol. The lowest BCUT2D eigenvalue weighted by molar-refractivity contribution is -0.143. The number of nitrogens with zero attached hydrogens (tertiary/aromatic N) is 2. The van der Waals surface area contributed by atoms with Crippen molar-refractivity contribution in [2.75, 3.05) is 25.5 Å². The molecule has 3 atom stereocenters. The number of carbonyl (C=O) groups is 3. The molecule has 0 aliphatic carbocycles. The zero-order chi connectivity index (χ0) is 25.2. The summed E-state index contributed by atoms with van der Waals surface area (Å²) in [6.07, 6.45) is 2.49. The van der Waals surface area contributed by atoms with Gasteiger partial charge in [-0.25, -0.2) is 0 Å². The molecule has 2 aromatic rings. The SMILES string of the molecule is CCC(=O)Nc1ccc2c(c1)C(=O)N(C)[C@@H]1CC[C@@H](CC(=O)N3CCc4ccccc4C3)O[C@@H]1CO2. The van der Waals surface area contributed by atoms with Gasteiger partial charge < -0.3 is 24.6 Å². The zero-order valence-electron chi connectivity index (χ0n) is 20.9. The van der Waals surface area contributed by atoms with E-state index in [1.54, 1.807) is 37.1 Å². The summed E-state index contributed by atoms with van der Waals surface area (Å²) >= 11 is 0. The second kappa shape index (κ2) is 10.3. The van der Waals surface area contributed by atoms with Gasteiger partial charge in [0.1, 0.15) is 18.5 Å². The number of hydrogen-bond donors (Lipinski definition) is 1. The van der Waals surface area contributed by atoms with E-state index in [9.17, 15) is 14.4 Å². The van der Waals surface area contributed by atoms with E-state index in [-0.39, 0.29) is 42.6 Å². The fourth-order valence-electron chi connectivity index (χ4n) is 5.39. The average molecular weight is 492 g/mol. The van der Waals surface area contributed by atoms with Crippen LogP contribution >= 0.6 is 0 Å². The molecule has 1 fully saturated rings. The van der Waals surface area contributed by atoms with Crippen LogP contribution in [0.2, 0.25) is 0 Å². The minimum absolute atomic E-state index is 0.108. The van der Waals surface area contributed by atoms with E-state index in [0.717, 1.165) is 19.4 Å². The van der Waals surface area contributed by atoms with Crippen molar-refractivity contribution in [1.29, 1.82) is 0 Å². The number of likely N-dealkylation sites (N-methyl/N-ethyl adjacent to an activating group) is 1. The number of benzene rings is 2. The Labute approximate surface area is 211 Å². The summed E-state index contributed by atoms with van der Waals surface area (Å²) in [5.41, 5.74) is 3.53. The number of amides is 3. The Morgan fingerprint density at radius 3 is 2.72 bits per heavy atom. The van der Waals surface area contributed by atoms with Gasteiger partial charge in [-0.1, -0.05) is 31.2 Å². The van der Waals surface area contributed by atoms with Crippen LogP contribution in [0.1, 0.15) is 54.1 Å². The first-order valence-electron chi connectivity index (χ1n) is 12.8. The number of hydrogen-bond acceptors (Lipinski definition) is 5. The van der Waals surface area contributed by atoms with E-state index in [4.69, 9.17) is 9.47 Å². The van der Waals surface area contributed by atoms with Gasteiger partial charge in [-0.3, -0.25) is 14.4 Å². The molecule has 8 nitrogen and oxygen atoms in total. The van der Waals surface area contributed by atoms with Crippen LogP contribution < -0.4 is 10.1 Å². The molecule has 8 heteroatoms. The Balaban J connectivity index is 1.24. The maximum atomic E-state index is 13.3. The molecule has 2 aromatic carbocycles. The van der Waals surface area contributed by atoms with Crippen molar-refractivity contribution in [3.05, 3.63) is 59.2 Å². The Morgan fingerprint density at radius 2 is 1.92 bits per heavy atom. The first-order valence-corrected chi connectivity index (χ1v) is 12.8. The van der Waals surface area contributed by atoms with Gasteiger partial charge in [0.15, 0.2) is 0 Å². The van der Waals surface area contributed by atoms with Crippen LogP contribution in [0.15, 0.2) is 42.5 Å². The van der Waals surface area contributed by atoms with Crippen LogP contribution in [-0.2, 0) is 27.3 Å². The van der Waals surface area contributed by atoms with Gasteiger partial charge in [-0.15, -0.1) is 0 Å². The van der Waals surface area contributed by atoms with E-state index in [1.165, 1.54) is 11.1 Å². The predicted octanol–water partition coefficient (Wildman–Crippen LogP) is 3.39. The second-order valence-electron chi connectivity index (χ2n) is 9.82. The number of fused-ring (bicyclic) bond motifs is 3. The lowest BCUT2D eigenvalue weighted by Crippen LogP contribution is -2.54. The third-order valence-corrected chi connectivity index (χ3v) is 7.50. The molecule has 0 bridgehead atoms. The highest BCUT2D eigenvalue weighted by Crippen LogP contribution is 2.33. The van der Waals surface area contributed by atoms with Gasteiger partial charge in [0.2, 0.25) is 11.8 Å². The molecule has 0 spiro atoms. The number of carbonyl (C=O) groups excluding carboxylic acids is 3. The van der Waals surface area contributed by atoms with Crippen molar-refractivity contribution in [2.24, 2.45) is 0 Å². The van der Waals surface area contributed by atoms with E-state index in [1.807, 2.05) is 17.0 Å². The van der Waals surface area contributed by atoms with Gasteiger partial charge in [0, 0.05) is 32.2 Å². The van der Waals surface area contributed by atoms with Crippen LogP contribution in [0, 0.1) is 0 Å². The largest absolute Gasteiger partial charge is 0.490 e. The van der Waals surface area contributed by atoms with Crippen molar-refractivity contribution in [1.82, 2.24) is 9.80 Å². The lowest BCUT2D eigenvalue weighted by Gasteiger charge is -2.42. The minimum atomic E-state index is -0.319. The molecule has 1 saturated heterocycles. The molecule has 36 heavy (non-hydrogen) atoms. The number of rotatable bonds is 4. The molecule has 0 radical (unpaired) electrons. The molecule has 3 aliphatic rings. The molecule has 0 aromatic heterocycles. The molecular formula is C28H33N3O5. The Hall–Kier alpha value is -3.39. The fraction of sp³-hybridized carbons (Fsp3) is 0.464. The number of nitrogens with one attached hydrogen (secondary N) is 1. The third kappa shape index (κ3) is 4.95. The van der Waals surface area contributed by atoms with Crippen molar-refractivity contribution in [2.45, 2.75) is 63.8 Å². The summed E-state index contributed by atoms with van der Waals surface area (Å²) < 4.78 is 12.4. The van der Waals surface area contributed by atoms with Crippen LogP contribution in [0.5, 0.6) is 5.75 Å². The van der Waals surface area contributed by atoms with Gasteiger partial charge in [-0.05, 0) is 48.6 Å². The highest BCUT2D eigenvalue weighted by atomic mass is 16.5. The van der Waals surface area contributed by atoms with E-state index in [0.29, 0.717) is 42.8 Å². The van der Waals surface area contributed by atoms with Crippen LogP contribution in [0.25, 0.3) is 0 Å². The number of ether oxygens (including phenoxy) is 2.